The van der Waals surface area contributed by atoms with Gasteiger partial charge in [0.15, 0.2) is 0 Å². The van der Waals surface area contributed by atoms with E-state index in [-0.39, 0.29) is 16.8 Å². The lowest BCUT2D eigenvalue weighted by Crippen LogP contribution is -2.36. The molecule has 1 amide bonds. The summed E-state index contributed by atoms with van der Waals surface area (Å²) in [5, 5.41) is 4.95. The highest BCUT2D eigenvalue weighted by Gasteiger charge is 2.29. The molecule has 0 aliphatic carbocycles. The molecule has 1 atom stereocenters. The van der Waals surface area contributed by atoms with Crippen LogP contribution in [-0.4, -0.2) is 57.8 Å². The predicted molar refractivity (Wildman–Crippen MR) is 134 cm³/mol. The third-order valence-electron chi connectivity index (χ3n) is 6.06. The van der Waals surface area contributed by atoms with Crippen molar-refractivity contribution >= 4 is 27.3 Å². The molecular weight excluding hydrogens is 470 g/mol. The molecule has 0 bridgehead atoms. The number of ether oxygens (including phenoxy) is 1. The number of hydrogen-bond acceptors (Lipinski definition) is 6. The van der Waals surface area contributed by atoms with Crippen LogP contribution in [0.5, 0.6) is 5.75 Å². The van der Waals surface area contributed by atoms with E-state index in [1.54, 1.807) is 36.6 Å². The Labute approximate surface area is 205 Å². The van der Waals surface area contributed by atoms with Gasteiger partial charge in [0, 0.05) is 30.1 Å². The van der Waals surface area contributed by atoms with Crippen LogP contribution in [0.1, 0.15) is 32.4 Å². The maximum absolute atomic E-state index is 13.3. The maximum Gasteiger partial charge on any atom is 0.251 e. The molecule has 1 N–H and O–H groups in total. The molecule has 0 saturated carbocycles. The van der Waals surface area contributed by atoms with Crippen molar-refractivity contribution in [2.45, 2.75) is 23.9 Å². The Balaban J connectivity index is 1.48. The summed E-state index contributed by atoms with van der Waals surface area (Å²) in [7, 11) is 1.81. The fourth-order valence-corrected chi connectivity index (χ4v) is 6.47. The number of fused-ring (bicyclic) bond motifs is 1. The van der Waals surface area contributed by atoms with Gasteiger partial charge in [-0.25, -0.2) is 8.42 Å². The van der Waals surface area contributed by atoms with Crippen LogP contribution in [0.4, 0.5) is 0 Å². The summed E-state index contributed by atoms with van der Waals surface area (Å²) in [4.78, 5) is 16.3. The van der Waals surface area contributed by atoms with Gasteiger partial charge >= 0.3 is 0 Å². The summed E-state index contributed by atoms with van der Waals surface area (Å²) in [6, 6.07) is 15.9. The molecule has 0 saturated heterocycles. The maximum atomic E-state index is 13.3. The second-order valence-electron chi connectivity index (χ2n) is 8.45. The zero-order chi connectivity index (χ0) is 24.3. The summed E-state index contributed by atoms with van der Waals surface area (Å²) in [5.41, 5.74) is 2.39. The minimum Gasteiger partial charge on any atom is -0.497 e. The van der Waals surface area contributed by atoms with Crippen LogP contribution in [0.15, 0.2) is 64.9 Å². The molecule has 1 aliphatic rings. The molecule has 1 unspecified atom stereocenters. The van der Waals surface area contributed by atoms with E-state index in [2.05, 4.69) is 5.32 Å². The zero-order valence-electron chi connectivity index (χ0n) is 19.5. The number of likely N-dealkylation sites (N-methyl/N-ethyl adjacent to an activating group) is 1. The van der Waals surface area contributed by atoms with Crippen molar-refractivity contribution in [2.24, 2.45) is 0 Å². The highest BCUT2D eigenvalue weighted by Crippen LogP contribution is 2.28. The third-order valence-corrected chi connectivity index (χ3v) is 8.93. The number of amides is 1. The molecule has 0 fully saturated rings. The van der Waals surface area contributed by atoms with E-state index in [1.165, 1.54) is 15.2 Å². The van der Waals surface area contributed by atoms with E-state index in [0.29, 0.717) is 31.6 Å². The Kier molecular flexibility index (Phi) is 7.37. The monoisotopic (exact) mass is 499 g/mol. The lowest BCUT2D eigenvalue weighted by Gasteiger charge is -2.26. The third kappa shape index (κ3) is 5.17. The van der Waals surface area contributed by atoms with Crippen molar-refractivity contribution in [1.82, 2.24) is 14.5 Å². The molecule has 2 aromatic carbocycles. The first-order valence-corrected chi connectivity index (χ1v) is 13.4. The second-order valence-corrected chi connectivity index (χ2v) is 11.4. The minimum atomic E-state index is -3.70. The minimum absolute atomic E-state index is 0.0703. The lowest BCUT2D eigenvalue weighted by molar-refractivity contribution is 0.0941. The normalized spacial score (nSPS) is 15.1. The number of thiophene rings is 1. The molecule has 0 radical (unpaired) electrons. The number of methoxy groups -OCH3 is 1. The average molecular weight is 500 g/mol. The van der Waals surface area contributed by atoms with E-state index in [1.807, 2.05) is 54.7 Å². The lowest BCUT2D eigenvalue weighted by atomic mass is 10.1. The molecular formula is C25H29N3O4S2. The van der Waals surface area contributed by atoms with E-state index in [0.717, 1.165) is 16.9 Å². The van der Waals surface area contributed by atoms with Crippen molar-refractivity contribution in [3.05, 3.63) is 81.5 Å². The van der Waals surface area contributed by atoms with Gasteiger partial charge in [0.25, 0.3) is 5.91 Å². The van der Waals surface area contributed by atoms with Crippen molar-refractivity contribution in [2.75, 3.05) is 34.3 Å². The molecule has 2 heterocycles. The first kappa shape index (κ1) is 24.4. The van der Waals surface area contributed by atoms with E-state index >= 15 is 0 Å². The van der Waals surface area contributed by atoms with Crippen molar-refractivity contribution in [3.63, 3.8) is 0 Å². The van der Waals surface area contributed by atoms with Gasteiger partial charge in [-0.3, -0.25) is 4.79 Å². The van der Waals surface area contributed by atoms with E-state index < -0.39 is 10.0 Å². The number of benzene rings is 2. The largest absolute Gasteiger partial charge is 0.497 e. The van der Waals surface area contributed by atoms with Crippen LogP contribution >= 0.6 is 11.3 Å². The highest BCUT2D eigenvalue weighted by atomic mass is 32.2. The molecule has 0 spiro atoms. The highest BCUT2D eigenvalue weighted by molar-refractivity contribution is 7.89. The molecule has 4 rings (SSSR count). The number of hydrogen-bond donors (Lipinski definition) is 1. The summed E-state index contributed by atoms with van der Waals surface area (Å²) in [6.45, 7) is 1.17. The molecule has 180 valence electrons. The Bertz CT molecular complexity index is 1270. The van der Waals surface area contributed by atoms with Crippen molar-refractivity contribution in [1.29, 1.82) is 0 Å². The standard InChI is InChI=1S/C25H29N3O4S2/c1-27(2)23(18-6-4-8-21(14-18)32-3)16-26-25(29)19-7-5-9-22(15-19)34(30,31)28-12-10-24-20(17-28)11-13-33-24/h4-9,11,13-15,23H,10,12,16-17H2,1-3H3,(H,26,29). The zero-order valence-corrected chi connectivity index (χ0v) is 21.2. The summed E-state index contributed by atoms with van der Waals surface area (Å²) < 4.78 is 33.4. The van der Waals surface area contributed by atoms with Crippen LogP contribution < -0.4 is 10.1 Å². The van der Waals surface area contributed by atoms with Gasteiger partial charge in [0.05, 0.1) is 18.0 Å². The number of nitrogens with one attached hydrogen (secondary N) is 1. The molecule has 9 heteroatoms. The molecule has 3 aromatic rings. The molecule has 1 aromatic heterocycles. The van der Waals surface area contributed by atoms with E-state index in [4.69, 9.17) is 4.74 Å². The molecule has 7 nitrogen and oxygen atoms in total. The van der Waals surface area contributed by atoms with Gasteiger partial charge in [-0.1, -0.05) is 18.2 Å². The van der Waals surface area contributed by atoms with Crippen molar-refractivity contribution < 1.29 is 17.9 Å². The fraction of sp³-hybridized carbons (Fsp3) is 0.320. The topological polar surface area (TPSA) is 78.9 Å². The SMILES string of the molecule is COc1cccc(C(CNC(=O)c2cccc(S(=O)(=O)N3CCc4sccc4C3)c2)N(C)C)c1. The first-order valence-electron chi connectivity index (χ1n) is 11.0. The first-order chi connectivity index (χ1) is 16.3. The Hall–Kier alpha value is -2.72. The van der Waals surface area contributed by atoms with Gasteiger partial charge in [-0.2, -0.15) is 4.31 Å². The smallest absolute Gasteiger partial charge is 0.251 e. The number of rotatable bonds is 8. The van der Waals surface area contributed by atoms with E-state index in [9.17, 15) is 13.2 Å². The van der Waals surface area contributed by atoms with Gasteiger partial charge in [-0.15, -0.1) is 11.3 Å². The Morgan fingerprint density at radius 1 is 1.18 bits per heavy atom. The number of nitrogens with zero attached hydrogens (tertiary/aromatic N) is 2. The van der Waals surface area contributed by atoms with Gasteiger partial charge in [0.1, 0.15) is 5.75 Å². The average Bonchev–Trinajstić information content (AvgIpc) is 3.32. The van der Waals surface area contributed by atoms with Crippen LogP contribution in [0.2, 0.25) is 0 Å². The fourth-order valence-electron chi connectivity index (χ4n) is 4.11. The van der Waals surface area contributed by atoms with Crippen molar-refractivity contribution in [3.8, 4) is 5.75 Å². The van der Waals surface area contributed by atoms with Gasteiger partial charge in [-0.05, 0) is 73.4 Å². The number of carbonyl (C=O) groups excluding carboxylic acids is 1. The summed E-state index contributed by atoms with van der Waals surface area (Å²) in [6.07, 6.45) is 0.711. The predicted octanol–water partition coefficient (Wildman–Crippen LogP) is 3.54. The Morgan fingerprint density at radius 2 is 1.97 bits per heavy atom. The number of carbonyl (C=O) groups is 1. The summed E-state index contributed by atoms with van der Waals surface area (Å²) in [5.74, 6) is 0.437. The van der Waals surface area contributed by atoms with Crippen LogP contribution in [0.3, 0.4) is 0 Å². The summed E-state index contributed by atoms with van der Waals surface area (Å²) >= 11 is 1.67. The quantitative estimate of drug-likeness (QED) is 0.513. The molecule has 1 aliphatic heterocycles. The van der Waals surface area contributed by atoms with Gasteiger partial charge in [0.2, 0.25) is 10.0 Å². The molecule has 34 heavy (non-hydrogen) atoms. The van der Waals surface area contributed by atoms with Crippen LogP contribution in [-0.2, 0) is 23.0 Å². The number of sulfonamides is 1. The second kappa shape index (κ2) is 10.3. The van der Waals surface area contributed by atoms with Crippen LogP contribution in [0.25, 0.3) is 0 Å². The Morgan fingerprint density at radius 3 is 2.74 bits per heavy atom. The van der Waals surface area contributed by atoms with Crippen LogP contribution in [0, 0.1) is 0 Å². The van der Waals surface area contributed by atoms with Gasteiger partial charge < -0.3 is 15.0 Å².